The van der Waals surface area contributed by atoms with Crippen LogP contribution in [-0.2, 0) is 21.3 Å². The van der Waals surface area contributed by atoms with Gasteiger partial charge < -0.3 is 9.30 Å². The summed E-state index contributed by atoms with van der Waals surface area (Å²) in [5.41, 5.74) is 0.796. The third kappa shape index (κ3) is 4.55. The molecule has 2 aliphatic heterocycles. The van der Waals surface area contributed by atoms with Gasteiger partial charge in [-0.25, -0.2) is 13.4 Å². The van der Waals surface area contributed by atoms with Crippen LogP contribution < -0.4 is 0 Å². The summed E-state index contributed by atoms with van der Waals surface area (Å²) in [5, 5.41) is 0. The van der Waals surface area contributed by atoms with Crippen LogP contribution in [0.2, 0.25) is 0 Å². The lowest BCUT2D eigenvalue weighted by Crippen LogP contribution is -2.50. The van der Waals surface area contributed by atoms with Crippen molar-refractivity contribution in [3.05, 3.63) is 48.5 Å². The van der Waals surface area contributed by atoms with E-state index in [1.165, 1.54) is 0 Å². The minimum atomic E-state index is -3.56. The van der Waals surface area contributed by atoms with E-state index in [2.05, 4.69) is 23.7 Å². The Labute approximate surface area is 173 Å². The summed E-state index contributed by atoms with van der Waals surface area (Å²) >= 11 is 0. The molecule has 0 unspecified atom stereocenters. The van der Waals surface area contributed by atoms with E-state index in [9.17, 15) is 8.42 Å². The van der Waals surface area contributed by atoms with Gasteiger partial charge in [0.05, 0.1) is 23.4 Å². The highest BCUT2D eigenvalue weighted by atomic mass is 32.2. The van der Waals surface area contributed by atoms with Gasteiger partial charge in [0.1, 0.15) is 0 Å². The second kappa shape index (κ2) is 8.55. The third-order valence-corrected chi connectivity index (χ3v) is 7.81. The van der Waals surface area contributed by atoms with E-state index >= 15 is 0 Å². The van der Waals surface area contributed by atoms with Crippen LogP contribution in [0.5, 0.6) is 0 Å². The number of nitrogens with zero attached hydrogens (tertiary/aromatic N) is 4. The van der Waals surface area contributed by atoms with Gasteiger partial charge in [-0.3, -0.25) is 4.90 Å². The van der Waals surface area contributed by atoms with E-state index in [4.69, 9.17) is 4.74 Å². The van der Waals surface area contributed by atoms with Gasteiger partial charge in [-0.15, -0.1) is 0 Å². The topological polar surface area (TPSA) is 67.7 Å². The van der Waals surface area contributed by atoms with Gasteiger partial charge in [-0.1, -0.05) is 18.2 Å². The number of hydrogen-bond acceptors (Lipinski definition) is 5. The number of benzene rings is 1. The fourth-order valence-electron chi connectivity index (χ4n) is 4.63. The van der Waals surface area contributed by atoms with Crippen LogP contribution >= 0.6 is 0 Å². The molecule has 3 heterocycles. The highest BCUT2D eigenvalue weighted by molar-refractivity contribution is 7.89. The van der Waals surface area contributed by atoms with E-state index in [0.29, 0.717) is 18.0 Å². The van der Waals surface area contributed by atoms with Crippen molar-refractivity contribution in [3.63, 3.8) is 0 Å². The number of rotatable bonds is 6. The molecule has 0 radical (unpaired) electrons. The van der Waals surface area contributed by atoms with Crippen molar-refractivity contribution in [2.24, 2.45) is 0 Å². The SMILES string of the molecule is C[C@@H]1CN(C[C@@H]2CCCN2S(=O)(=O)c2ccccc2Cn2ccnc2)C[C@@H](C)O1. The predicted octanol–water partition coefficient (Wildman–Crippen LogP) is 2.19. The second-order valence-electron chi connectivity index (χ2n) is 8.23. The van der Waals surface area contributed by atoms with Crippen molar-refractivity contribution in [2.75, 3.05) is 26.2 Å². The summed E-state index contributed by atoms with van der Waals surface area (Å²) in [6, 6.07) is 7.34. The first-order chi connectivity index (χ1) is 13.9. The maximum atomic E-state index is 13.6. The fourth-order valence-corrected chi connectivity index (χ4v) is 6.53. The highest BCUT2D eigenvalue weighted by Gasteiger charge is 2.38. The second-order valence-corrected chi connectivity index (χ2v) is 10.1. The van der Waals surface area contributed by atoms with Crippen LogP contribution in [0, 0.1) is 0 Å². The van der Waals surface area contributed by atoms with Crippen LogP contribution in [0.25, 0.3) is 0 Å². The Hall–Kier alpha value is -1.74. The molecule has 29 heavy (non-hydrogen) atoms. The number of imidazole rings is 1. The van der Waals surface area contributed by atoms with Crippen LogP contribution in [0.1, 0.15) is 32.3 Å². The van der Waals surface area contributed by atoms with E-state index in [-0.39, 0.29) is 18.2 Å². The third-order valence-electron chi connectivity index (χ3n) is 5.76. The van der Waals surface area contributed by atoms with Gasteiger partial charge in [0, 0.05) is 51.2 Å². The first-order valence-electron chi connectivity index (χ1n) is 10.4. The van der Waals surface area contributed by atoms with Crippen molar-refractivity contribution in [1.29, 1.82) is 0 Å². The maximum Gasteiger partial charge on any atom is 0.243 e. The molecule has 158 valence electrons. The Morgan fingerprint density at radius 2 is 1.93 bits per heavy atom. The average Bonchev–Trinajstić information content (AvgIpc) is 3.33. The summed E-state index contributed by atoms with van der Waals surface area (Å²) in [7, 11) is -3.56. The molecule has 0 saturated carbocycles. The van der Waals surface area contributed by atoms with Crippen molar-refractivity contribution < 1.29 is 13.2 Å². The minimum Gasteiger partial charge on any atom is -0.373 e. The number of morpholine rings is 1. The molecule has 2 aliphatic rings. The lowest BCUT2D eigenvalue weighted by molar-refractivity contribution is -0.0707. The largest absolute Gasteiger partial charge is 0.373 e. The van der Waals surface area contributed by atoms with Crippen molar-refractivity contribution in [1.82, 2.24) is 18.8 Å². The molecule has 1 aromatic carbocycles. The zero-order valence-electron chi connectivity index (χ0n) is 17.1. The Morgan fingerprint density at radius 1 is 1.17 bits per heavy atom. The summed E-state index contributed by atoms with van der Waals surface area (Å²) in [6.45, 7) is 7.71. The van der Waals surface area contributed by atoms with Crippen molar-refractivity contribution >= 4 is 10.0 Å². The lowest BCUT2D eigenvalue weighted by Gasteiger charge is -2.38. The molecule has 0 amide bonds. The molecule has 2 saturated heterocycles. The van der Waals surface area contributed by atoms with Crippen molar-refractivity contribution in [2.45, 2.75) is 56.4 Å². The molecule has 0 spiro atoms. The fraction of sp³-hybridized carbons (Fsp3) is 0.571. The maximum absolute atomic E-state index is 13.6. The van der Waals surface area contributed by atoms with Gasteiger partial charge in [0.2, 0.25) is 10.0 Å². The van der Waals surface area contributed by atoms with Crippen LogP contribution in [0.4, 0.5) is 0 Å². The average molecular weight is 419 g/mol. The Kier molecular flexibility index (Phi) is 6.06. The Balaban J connectivity index is 1.55. The van der Waals surface area contributed by atoms with Gasteiger partial charge in [-0.2, -0.15) is 4.31 Å². The van der Waals surface area contributed by atoms with Crippen molar-refractivity contribution in [3.8, 4) is 0 Å². The molecule has 3 atom stereocenters. The zero-order chi connectivity index (χ0) is 20.4. The summed E-state index contributed by atoms with van der Waals surface area (Å²) in [5.74, 6) is 0. The molecule has 0 bridgehead atoms. The van der Waals surface area contributed by atoms with Gasteiger partial charge in [-0.05, 0) is 38.3 Å². The normalized spacial score (nSPS) is 26.8. The van der Waals surface area contributed by atoms with Gasteiger partial charge in [0.15, 0.2) is 0 Å². The van der Waals surface area contributed by atoms with E-state index in [1.807, 2.05) is 22.9 Å². The number of hydrogen-bond donors (Lipinski definition) is 0. The number of ether oxygens (including phenoxy) is 1. The smallest absolute Gasteiger partial charge is 0.243 e. The summed E-state index contributed by atoms with van der Waals surface area (Å²) in [6.07, 6.45) is 7.44. The first kappa shape index (κ1) is 20.5. The molecule has 0 aliphatic carbocycles. The summed E-state index contributed by atoms with van der Waals surface area (Å²) < 4.78 is 36.7. The quantitative estimate of drug-likeness (QED) is 0.719. The van der Waals surface area contributed by atoms with E-state index < -0.39 is 10.0 Å². The molecular weight excluding hydrogens is 388 g/mol. The molecule has 0 N–H and O–H groups in total. The summed E-state index contributed by atoms with van der Waals surface area (Å²) in [4.78, 5) is 6.83. The monoisotopic (exact) mass is 418 g/mol. The molecular formula is C21H30N4O3S. The number of aromatic nitrogens is 2. The molecule has 8 heteroatoms. The van der Waals surface area contributed by atoms with E-state index in [1.54, 1.807) is 29.0 Å². The lowest BCUT2D eigenvalue weighted by atomic mass is 10.1. The Bertz CT molecular complexity index is 906. The number of sulfonamides is 1. The zero-order valence-corrected chi connectivity index (χ0v) is 18.0. The molecule has 1 aromatic heterocycles. The molecule has 7 nitrogen and oxygen atoms in total. The van der Waals surface area contributed by atoms with Crippen LogP contribution in [-0.4, -0.2) is 71.6 Å². The van der Waals surface area contributed by atoms with E-state index in [0.717, 1.165) is 38.0 Å². The van der Waals surface area contributed by atoms with Gasteiger partial charge >= 0.3 is 0 Å². The molecule has 2 fully saturated rings. The molecule has 4 rings (SSSR count). The Morgan fingerprint density at radius 3 is 2.66 bits per heavy atom. The first-order valence-corrected chi connectivity index (χ1v) is 11.8. The standard InChI is InChI=1S/C21H30N4O3S/c1-17-12-24(13-18(2)28-17)15-20-7-5-10-25(20)29(26,27)21-8-4-3-6-19(21)14-23-11-9-22-16-23/h3-4,6,8-9,11,16-18,20H,5,7,10,12-15H2,1-2H3/t17-,18-,20+/m1/s1. The molecule has 2 aromatic rings. The highest BCUT2D eigenvalue weighted by Crippen LogP contribution is 2.29. The van der Waals surface area contributed by atoms with Crippen LogP contribution in [0.3, 0.4) is 0 Å². The van der Waals surface area contributed by atoms with Crippen LogP contribution in [0.15, 0.2) is 47.9 Å². The predicted molar refractivity (Wildman–Crippen MR) is 111 cm³/mol. The minimum absolute atomic E-state index is 0.0128. The van der Waals surface area contributed by atoms with Gasteiger partial charge in [0.25, 0.3) is 0 Å².